The molecule has 0 saturated heterocycles. The van der Waals surface area contributed by atoms with E-state index in [1.165, 1.54) is 17.3 Å². The number of nitrogens with zero attached hydrogens (tertiary/aromatic N) is 4. The summed E-state index contributed by atoms with van der Waals surface area (Å²) in [7, 11) is 0. The molecule has 3 aromatic carbocycles. The molecule has 0 unspecified atom stereocenters. The van der Waals surface area contributed by atoms with E-state index in [-0.39, 0.29) is 18.5 Å². The number of rotatable bonds is 7. The van der Waals surface area contributed by atoms with Gasteiger partial charge in [-0.05, 0) is 35.4 Å². The number of hydrogen-bond acceptors (Lipinski definition) is 6. The summed E-state index contributed by atoms with van der Waals surface area (Å²) < 4.78 is 14.9. The lowest BCUT2D eigenvalue weighted by Gasteiger charge is -2.06. The van der Waals surface area contributed by atoms with Gasteiger partial charge in [-0.2, -0.15) is 0 Å². The van der Waals surface area contributed by atoms with E-state index in [0.29, 0.717) is 24.0 Å². The van der Waals surface area contributed by atoms with Crippen LogP contribution in [0.25, 0.3) is 16.8 Å². The van der Waals surface area contributed by atoms with Gasteiger partial charge in [-0.15, -0.1) is 10.2 Å². The van der Waals surface area contributed by atoms with E-state index in [4.69, 9.17) is 9.47 Å². The second kappa shape index (κ2) is 8.75. The van der Waals surface area contributed by atoms with Crippen molar-refractivity contribution in [3.8, 4) is 11.5 Å². The quantitative estimate of drug-likeness (QED) is 0.363. The number of imidazole rings is 1. The molecular weight excluding hydrogens is 450 g/mol. The third-order valence-electron chi connectivity index (χ3n) is 5.71. The van der Waals surface area contributed by atoms with Crippen LogP contribution in [-0.2, 0) is 17.9 Å². The van der Waals surface area contributed by atoms with Crippen LogP contribution >= 0.6 is 11.8 Å². The third kappa shape index (κ3) is 3.84. The van der Waals surface area contributed by atoms with Crippen LogP contribution in [-0.4, -0.2) is 37.6 Å². The molecule has 0 spiro atoms. The summed E-state index contributed by atoms with van der Waals surface area (Å²) in [6.45, 7) is 1.34. The van der Waals surface area contributed by atoms with Gasteiger partial charge < -0.3 is 19.4 Å². The average molecular weight is 472 g/mol. The Morgan fingerprint density at radius 2 is 1.71 bits per heavy atom. The molecule has 5 aromatic rings. The first-order valence-electron chi connectivity index (χ1n) is 10.9. The Balaban J connectivity index is 1.19. The predicted octanol–water partition coefficient (Wildman–Crippen LogP) is 3.87. The Morgan fingerprint density at radius 3 is 2.59 bits per heavy atom. The number of thioether (sulfide) groups is 1. The van der Waals surface area contributed by atoms with Gasteiger partial charge in [0.25, 0.3) is 0 Å². The van der Waals surface area contributed by atoms with Gasteiger partial charge in [0.15, 0.2) is 16.7 Å². The monoisotopic (exact) mass is 471 g/mol. The van der Waals surface area contributed by atoms with E-state index in [0.717, 1.165) is 28.1 Å². The normalized spacial score (nSPS) is 12.5. The molecule has 1 amide bonds. The Labute approximate surface area is 199 Å². The number of benzene rings is 3. The second-order valence-corrected chi connectivity index (χ2v) is 8.87. The van der Waals surface area contributed by atoms with Gasteiger partial charge in [0.2, 0.25) is 18.5 Å². The predicted molar refractivity (Wildman–Crippen MR) is 129 cm³/mol. The van der Waals surface area contributed by atoms with E-state index >= 15 is 0 Å². The maximum Gasteiger partial charge on any atom is 0.237 e. The minimum atomic E-state index is -0.0764. The Hall–Kier alpha value is -3.98. The number of ether oxygens (including phenoxy) is 2. The lowest BCUT2D eigenvalue weighted by Crippen LogP contribution is -2.24. The van der Waals surface area contributed by atoms with E-state index in [1.807, 2.05) is 52.9 Å². The van der Waals surface area contributed by atoms with Gasteiger partial charge in [0.05, 0.1) is 23.3 Å². The molecule has 1 aliphatic heterocycles. The van der Waals surface area contributed by atoms with Crippen LogP contribution in [0.5, 0.6) is 11.5 Å². The summed E-state index contributed by atoms with van der Waals surface area (Å²) >= 11 is 1.37. The molecule has 1 aliphatic rings. The highest BCUT2D eigenvalue weighted by atomic mass is 32.2. The molecule has 0 saturated carbocycles. The van der Waals surface area contributed by atoms with Gasteiger partial charge >= 0.3 is 0 Å². The topological polar surface area (TPSA) is 82.7 Å². The van der Waals surface area contributed by atoms with Crippen molar-refractivity contribution in [2.75, 3.05) is 12.5 Å². The number of hydrogen-bond donors (Lipinski definition) is 1. The second-order valence-electron chi connectivity index (χ2n) is 7.93. The number of carbonyl (C=O) groups excluding carboxylic acids is 1. The lowest BCUT2D eigenvalue weighted by molar-refractivity contribution is -0.118. The fourth-order valence-corrected chi connectivity index (χ4v) is 4.86. The number of aromatic nitrogens is 4. The molecule has 0 radical (unpaired) electrons. The number of amides is 1. The molecule has 0 aliphatic carbocycles. The van der Waals surface area contributed by atoms with Crippen LogP contribution in [0.3, 0.4) is 0 Å². The van der Waals surface area contributed by atoms with Gasteiger partial charge in [-0.25, -0.2) is 0 Å². The summed E-state index contributed by atoms with van der Waals surface area (Å²) in [6, 6.07) is 24.1. The largest absolute Gasteiger partial charge is 0.454 e. The van der Waals surface area contributed by atoms with Crippen molar-refractivity contribution in [3.63, 3.8) is 0 Å². The summed E-state index contributed by atoms with van der Waals surface area (Å²) in [6.07, 6.45) is 0. The maximum atomic E-state index is 12.5. The molecule has 8 nitrogen and oxygen atoms in total. The van der Waals surface area contributed by atoms with Gasteiger partial charge in [0.1, 0.15) is 0 Å². The molecule has 3 heterocycles. The van der Waals surface area contributed by atoms with Crippen LogP contribution in [0.15, 0.2) is 78.0 Å². The zero-order valence-electron chi connectivity index (χ0n) is 18.2. The molecule has 9 heteroatoms. The van der Waals surface area contributed by atoms with Crippen molar-refractivity contribution in [1.82, 2.24) is 24.5 Å². The average Bonchev–Trinajstić information content (AvgIpc) is 3.58. The highest BCUT2D eigenvalue weighted by molar-refractivity contribution is 7.99. The summed E-state index contributed by atoms with van der Waals surface area (Å²) in [5, 5.41) is 12.5. The van der Waals surface area contributed by atoms with Gasteiger partial charge in [0, 0.05) is 6.54 Å². The van der Waals surface area contributed by atoms with Gasteiger partial charge in [-0.1, -0.05) is 60.3 Å². The van der Waals surface area contributed by atoms with Crippen LogP contribution < -0.4 is 14.8 Å². The first kappa shape index (κ1) is 20.6. The molecule has 34 heavy (non-hydrogen) atoms. The summed E-state index contributed by atoms with van der Waals surface area (Å²) in [4.78, 5) is 12.5. The molecule has 0 bridgehead atoms. The van der Waals surface area contributed by atoms with Crippen LogP contribution in [0.4, 0.5) is 0 Å². The minimum absolute atomic E-state index is 0.0764. The Kier molecular flexibility index (Phi) is 5.31. The van der Waals surface area contributed by atoms with Crippen molar-refractivity contribution >= 4 is 34.5 Å². The molecular formula is C25H21N5O3S. The summed E-state index contributed by atoms with van der Waals surface area (Å²) in [5.74, 6) is 2.36. The first-order chi connectivity index (χ1) is 16.8. The highest BCUT2D eigenvalue weighted by Gasteiger charge is 2.18. The Bertz CT molecular complexity index is 1500. The van der Waals surface area contributed by atoms with E-state index in [2.05, 4.69) is 44.3 Å². The molecule has 6 rings (SSSR count). The molecule has 0 atom stereocenters. The van der Waals surface area contributed by atoms with Crippen molar-refractivity contribution in [2.45, 2.75) is 18.2 Å². The smallest absolute Gasteiger partial charge is 0.237 e. The standard InChI is InChI=1S/C25H21N5O3S/c31-23(26-13-18-10-11-21-22(12-18)33-16-32-21)15-34-25-28-27-24-29(14-17-6-2-1-3-7-17)19-8-4-5-9-20(19)30(24)25/h1-12H,13-16H2,(H,26,31). The molecule has 0 fully saturated rings. The number of nitrogens with one attached hydrogen (secondary N) is 1. The zero-order chi connectivity index (χ0) is 22.9. The van der Waals surface area contributed by atoms with Crippen LogP contribution in [0.1, 0.15) is 11.1 Å². The maximum absolute atomic E-state index is 12.5. The Morgan fingerprint density at radius 1 is 0.912 bits per heavy atom. The molecule has 1 N–H and O–H groups in total. The summed E-state index contributed by atoms with van der Waals surface area (Å²) in [5.41, 5.74) is 4.23. The van der Waals surface area contributed by atoms with E-state index in [9.17, 15) is 4.79 Å². The van der Waals surface area contributed by atoms with Crippen molar-refractivity contribution in [2.24, 2.45) is 0 Å². The fraction of sp³-hybridized carbons (Fsp3) is 0.160. The number of fused-ring (bicyclic) bond motifs is 4. The lowest BCUT2D eigenvalue weighted by atomic mass is 10.2. The highest BCUT2D eigenvalue weighted by Crippen LogP contribution is 2.32. The van der Waals surface area contributed by atoms with Crippen LogP contribution in [0, 0.1) is 0 Å². The third-order valence-corrected chi connectivity index (χ3v) is 6.64. The molecule has 2 aromatic heterocycles. The fourth-order valence-electron chi connectivity index (χ4n) is 4.09. The SMILES string of the molecule is O=C(CSc1nnc2n(Cc3ccccc3)c3ccccc3n12)NCc1ccc2c(c1)OCO2. The van der Waals surface area contributed by atoms with Crippen LogP contribution in [0.2, 0.25) is 0 Å². The molecule has 170 valence electrons. The van der Waals surface area contributed by atoms with E-state index < -0.39 is 0 Å². The van der Waals surface area contributed by atoms with E-state index in [1.54, 1.807) is 0 Å². The zero-order valence-corrected chi connectivity index (χ0v) is 19.0. The first-order valence-corrected chi connectivity index (χ1v) is 11.9. The number of carbonyl (C=O) groups is 1. The van der Waals surface area contributed by atoms with Crippen molar-refractivity contribution < 1.29 is 14.3 Å². The van der Waals surface area contributed by atoms with Gasteiger partial charge in [-0.3, -0.25) is 9.20 Å². The van der Waals surface area contributed by atoms with Crippen molar-refractivity contribution in [3.05, 3.63) is 83.9 Å². The number of para-hydroxylation sites is 2. The van der Waals surface area contributed by atoms with Crippen molar-refractivity contribution in [1.29, 1.82) is 0 Å². The minimum Gasteiger partial charge on any atom is -0.454 e.